The summed E-state index contributed by atoms with van der Waals surface area (Å²) in [5.41, 5.74) is 12.6. The number of nitrogens with one attached hydrogen (secondary N) is 4. The Labute approximate surface area is 144 Å². The number of amides is 1. The van der Waals surface area contributed by atoms with Gasteiger partial charge in [0.2, 0.25) is 5.91 Å². The van der Waals surface area contributed by atoms with E-state index in [0.717, 1.165) is 25.1 Å². The van der Waals surface area contributed by atoms with Crippen molar-refractivity contribution in [3.05, 3.63) is 0 Å². The number of hydrazine groups is 1. The van der Waals surface area contributed by atoms with Gasteiger partial charge in [-0.3, -0.25) is 15.1 Å². The Morgan fingerprint density at radius 1 is 1.48 bits per heavy atom. The molecule has 4 rings (SSSR count). The number of nitrogens with two attached hydrogens (primary N) is 1. The molecule has 0 bridgehead atoms. The summed E-state index contributed by atoms with van der Waals surface area (Å²) in [7, 11) is 0. The van der Waals surface area contributed by atoms with Gasteiger partial charge in [0.1, 0.15) is 5.84 Å². The zero-order chi connectivity index (χ0) is 16.2. The molecule has 1 amide bonds. The maximum Gasteiger partial charge on any atom is 0.227 e. The van der Waals surface area contributed by atoms with Gasteiger partial charge in [0, 0.05) is 18.5 Å². The second-order valence-corrected chi connectivity index (χ2v) is 8.30. The highest BCUT2D eigenvalue weighted by Crippen LogP contribution is 2.46. The van der Waals surface area contributed by atoms with E-state index in [-0.39, 0.29) is 40.6 Å². The molecule has 4 aliphatic rings. The van der Waals surface area contributed by atoms with Crippen molar-refractivity contribution in [2.45, 2.75) is 49.0 Å². The number of carbonyl (C=O) groups excluding carboxylic acids is 1. The van der Waals surface area contributed by atoms with E-state index in [1.165, 1.54) is 0 Å². The largest absolute Gasteiger partial charge is 0.354 e. The molecule has 0 aromatic heterocycles. The Morgan fingerprint density at radius 3 is 2.91 bits per heavy atom. The number of rotatable bonds is 3. The summed E-state index contributed by atoms with van der Waals surface area (Å²) in [5, 5.41) is 6.27. The Bertz CT molecular complexity index is 537. The lowest BCUT2D eigenvalue weighted by molar-refractivity contribution is -0.126. The average molecular weight is 386 g/mol. The van der Waals surface area contributed by atoms with Gasteiger partial charge in [0.25, 0.3) is 0 Å². The molecule has 1 aliphatic carbocycles. The van der Waals surface area contributed by atoms with Crippen LogP contribution in [0.4, 0.5) is 0 Å². The summed E-state index contributed by atoms with van der Waals surface area (Å²) in [6.45, 7) is 3.49. The van der Waals surface area contributed by atoms with Crippen LogP contribution in [0.5, 0.6) is 0 Å². The van der Waals surface area contributed by atoms with Gasteiger partial charge in [0.15, 0.2) is 0 Å². The number of likely N-dealkylation sites (tertiary alicyclic amines) is 1. The first-order chi connectivity index (χ1) is 11.0. The highest BCUT2D eigenvalue weighted by molar-refractivity contribution is 9.09. The molecule has 2 saturated heterocycles. The fourth-order valence-corrected chi connectivity index (χ4v) is 4.31. The first-order valence-electron chi connectivity index (χ1n) is 8.24. The summed E-state index contributed by atoms with van der Waals surface area (Å²) in [4.78, 5) is 20.0. The maximum atomic E-state index is 12.8. The summed E-state index contributed by atoms with van der Waals surface area (Å²) < 4.78 is 0. The Kier molecular flexibility index (Phi) is 3.88. The quantitative estimate of drug-likeness (QED) is 0.315. The minimum Gasteiger partial charge on any atom is -0.354 e. The van der Waals surface area contributed by atoms with Crippen LogP contribution in [0.25, 0.3) is 0 Å². The topological polar surface area (TPSA) is 107 Å². The van der Waals surface area contributed by atoms with E-state index in [4.69, 9.17) is 5.73 Å². The summed E-state index contributed by atoms with van der Waals surface area (Å²) in [6, 6.07) is 0. The number of fused-ring (bicyclic) bond motifs is 1. The van der Waals surface area contributed by atoms with Gasteiger partial charge in [-0.1, -0.05) is 15.9 Å². The van der Waals surface area contributed by atoms with E-state index < -0.39 is 0 Å². The molecule has 128 valence electrons. The van der Waals surface area contributed by atoms with Crippen molar-refractivity contribution >= 4 is 27.7 Å². The molecule has 8 nitrogen and oxygen atoms in total. The lowest BCUT2D eigenvalue weighted by Crippen LogP contribution is -2.55. The third-order valence-corrected chi connectivity index (χ3v) is 6.08. The molecule has 0 aromatic rings. The number of carbonyl (C=O) groups is 1. The monoisotopic (exact) mass is 385 g/mol. The first-order valence-corrected chi connectivity index (χ1v) is 9.16. The third-order valence-electron chi connectivity index (χ3n) is 5.48. The molecule has 1 saturated carbocycles. The molecule has 0 aromatic carbocycles. The zero-order valence-electron chi connectivity index (χ0n) is 13.2. The molecule has 3 heterocycles. The van der Waals surface area contributed by atoms with Crippen LogP contribution >= 0.6 is 15.9 Å². The van der Waals surface area contributed by atoms with Crippen molar-refractivity contribution in [1.29, 1.82) is 0 Å². The van der Waals surface area contributed by atoms with Crippen molar-refractivity contribution < 1.29 is 4.79 Å². The Balaban J connectivity index is 1.52. The maximum absolute atomic E-state index is 12.8. The van der Waals surface area contributed by atoms with Crippen LogP contribution in [-0.4, -0.2) is 52.7 Å². The average Bonchev–Trinajstić information content (AvgIpc) is 2.95. The second kappa shape index (κ2) is 5.66. The summed E-state index contributed by atoms with van der Waals surface area (Å²) in [6.07, 6.45) is 2.84. The normalized spacial score (nSPS) is 41.4. The Hall–Kier alpha value is -0.740. The molecule has 3 fully saturated rings. The molecular weight excluding hydrogens is 362 g/mol. The standard InChI is InChI=1S/C14H24BrN7O/c1-14(2-3-14)22-5-7(10-11(16)17-6-18-12(10)22)13(23)19-9-4-8(15)20-21-9/h7-11,17,20-21H,2-6,16H2,1H3,(H,19,23). The number of aliphatic imine (C=N–C) groups is 1. The van der Waals surface area contributed by atoms with Crippen LogP contribution in [0.2, 0.25) is 0 Å². The van der Waals surface area contributed by atoms with Gasteiger partial charge < -0.3 is 16.0 Å². The molecule has 5 unspecified atom stereocenters. The van der Waals surface area contributed by atoms with E-state index in [1.54, 1.807) is 0 Å². The molecule has 0 spiro atoms. The molecule has 0 radical (unpaired) electrons. The minimum atomic E-state index is -0.218. The van der Waals surface area contributed by atoms with Crippen molar-refractivity contribution in [2.24, 2.45) is 22.6 Å². The van der Waals surface area contributed by atoms with Gasteiger partial charge in [0.05, 0.1) is 35.8 Å². The molecule has 5 atom stereocenters. The van der Waals surface area contributed by atoms with Crippen molar-refractivity contribution in [3.8, 4) is 0 Å². The fourth-order valence-electron chi connectivity index (χ4n) is 3.81. The highest BCUT2D eigenvalue weighted by Gasteiger charge is 2.55. The van der Waals surface area contributed by atoms with Gasteiger partial charge in [-0.25, -0.2) is 10.9 Å². The molecule has 9 heteroatoms. The highest BCUT2D eigenvalue weighted by atomic mass is 79.9. The van der Waals surface area contributed by atoms with Gasteiger partial charge in [-0.15, -0.1) is 0 Å². The molecule has 23 heavy (non-hydrogen) atoms. The van der Waals surface area contributed by atoms with Crippen LogP contribution in [-0.2, 0) is 4.79 Å². The van der Waals surface area contributed by atoms with Gasteiger partial charge >= 0.3 is 0 Å². The number of alkyl halides is 1. The SMILES string of the molecule is CC1(N2CC(C(=O)NC3CC(Br)NN3)C3C2=NCNC3N)CC1. The van der Waals surface area contributed by atoms with E-state index >= 15 is 0 Å². The van der Waals surface area contributed by atoms with Crippen molar-refractivity contribution in [1.82, 2.24) is 26.4 Å². The van der Waals surface area contributed by atoms with E-state index in [9.17, 15) is 4.79 Å². The van der Waals surface area contributed by atoms with Crippen molar-refractivity contribution in [2.75, 3.05) is 13.2 Å². The predicted octanol–water partition coefficient (Wildman–Crippen LogP) is -1.01. The number of amidine groups is 1. The van der Waals surface area contributed by atoms with Crippen LogP contribution in [0.1, 0.15) is 26.2 Å². The first kappa shape index (κ1) is 15.8. The van der Waals surface area contributed by atoms with Gasteiger partial charge in [-0.2, -0.15) is 0 Å². The van der Waals surface area contributed by atoms with Crippen LogP contribution in [0.15, 0.2) is 4.99 Å². The molecular formula is C14H24BrN7O. The van der Waals surface area contributed by atoms with Crippen LogP contribution < -0.4 is 27.2 Å². The zero-order valence-corrected chi connectivity index (χ0v) is 14.8. The number of halogens is 1. The third kappa shape index (κ3) is 2.78. The number of hydrogen-bond acceptors (Lipinski definition) is 7. The minimum absolute atomic E-state index is 0.0460. The second-order valence-electron chi connectivity index (χ2n) is 7.20. The lowest BCUT2D eigenvalue weighted by Gasteiger charge is -2.32. The smallest absolute Gasteiger partial charge is 0.227 e. The van der Waals surface area contributed by atoms with Crippen LogP contribution in [0, 0.1) is 11.8 Å². The van der Waals surface area contributed by atoms with Crippen LogP contribution in [0.3, 0.4) is 0 Å². The van der Waals surface area contributed by atoms with E-state index in [2.05, 4.69) is 54.2 Å². The number of nitrogens with zero attached hydrogens (tertiary/aromatic N) is 2. The van der Waals surface area contributed by atoms with Gasteiger partial charge in [-0.05, 0) is 19.8 Å². The fraction of sp³-hybridized carbons (Fsp3) is 0.857. The van der Waals surface area contributed by atoms with E-state index in [1.807, 2.05) is 0 Å². The van der Waals surface area contributed by atoms with E-state index in [0.29, 0.717) is 13.2 Å². The summed E-state index contributed by atoms with van der Waals surface area (Å²) in [5.74, 6) is 0.863. The molecule has 6 N–H and O–H groups in total. The number of hydrogen-bond donors (Lipinski definition) is 5. The van der Waals surface area contributed by atoms with Crippen molar-refractivity contribution in [3.63, 3.8) is 0 Å². The lowest BCUT2D eigenvalue weighted by atomic mass is 9.90. The Morgan fingerprint density at radius 2 is 2.26 bits per heavy atom. The summed E-state index contributed by atoms with van der Waals surface area (Å²) >= 11 is 3.48. The predicted molar refractivity (Wildman–Crippen MR) is 90.3 cm³/mol. The molecule has 3 aliphatic heterocycles.